The van der Waals surface area contributed by atoms with Crippen LogP contribution in [-0.4, -0.2) is 39.0 Å². The van der Waals surface area contributed by atoms with E-state index in [1.807, 2.05) is 47.4 Å². The van der Waals surface area contributed by atoms with Gasteiger partial charge in [-0.3, -0.25) is 14.6 Å². The van der Waals surface area contributed by atoms with Gasteiger partial charge in [0.25, 0.3) is 0 Å². The second kappa shape index (κ2) is 7.14. The van der Waals surface area contributed by atoms with Crippen molar-refractivity contribution in [3.63, 3.8) is 0 Å². The second-order valence-electron chi connectivity index (χ2n) is 7.73. The number of carboxylic acid groups (broad SMARTS) is 1. The normalized spacial score (nSPS) is 26.3. The Labute approximate surface area is 159 Å². The number of aryl methyl sites for hydroxylation is 1. The molecule has 1 N–H and O–H groups in total. The third-order valence-corrected chi connectivity index (χ3v) is 6.19. The fourth-order valence-electron chi connectivity index (χ4n) is 4.95. The lowest BCUT2D eigenvalue weighted by atomic mass is 9.70. The number of pyridine rings is 1. The lowest BCUT2D eigenvalue weighted by Crippen LogP contribution is -2.46. The van der Waals surface area contributed by atoms with Gasteiger partial charge in [0, 0.05) is 30.9 Å². The molecule has 0 aliphatic carbocycles. The maximum absolute atomic E-state index is 13.0. The van der Waals surface area contributed by atoms with E-state index in [1.54, 1.807) is 12.4 Å². The van der Waals surface area contributed by atoms with Crippen LogP contribution < -0.4 is 0 Å². The molecule has 0 spiro atoms. The van der Waals surface area contributed by atoms with Crippen LogP contribution in [0, 0.1) is 5.41 Å². The van der Waals surface area contributed by atoms with Crippen molar-refractivity contribution in [2.75, 3.05) is 0 Å². The third-order valence-electron chi connectivity index (χ3n) is 6.19. The first-order chi connectivity index (χ1) is 13.1. The van der Waals surface area contributed by atoms with Gasteiger partial charge in [0.1, 0.15) is 0 Å². The van der Waals surface area contributed by atoms with Gasteiger partial charge in [0.05, 0.1) is 5.41 Å². The lowest BCUT2D eigenvalue weighted by molar-refractivity contribution is -0.151. The fraction of sp³-hybridized carbons (Fsp3) is 0.409. The van der Waals surface area contributed by atoms with E-state index in [4.69, 9.17) is 0 Å². The third kappa shape index (κ3) is 3.22. The summed E-state index contributed by atoms with van der Waals surface area (Å²) in [6, 6.07) is 13.5. The highest BCUT2D eigenvalue weighted by Gasteiger charge is 2.61. The highest BCUT2D eigenvalue weighted by Crippen LogP contribution is 2.52. The largest absolute Gasteiger partial charge is 0.481 e. The summed E-state index contributed by atoms with van der Waals surface area (Å²) < 4.78 is 0. The molecule has 0 radical (unpaired) electrons. The Morgan fingerprint density at radius 1 is 1.07 bits per heavy atom. The molecule has 1 aromatic carbocycles. The maximum atomic E-state index is 13.0. The zero-order valence-electron chi connectivity index (χ0n) is 15.3. The number of aliphatic carboxylic acids is 1. The number of amides is 1. The summed E-state index contributed by atoms with van der Waals surface area (Å²) in [5.74, 6) is -0.694. The van der Waals surface area contributed by atoms with Crippen molar-refractivity contribution in [3.8, 4) is 0 Å². The van der Waals surface area contributed by atoms with Crippen molar-refractivity contribution in [2.45, 2.75) is 50.6 Å². The van der Waals surface area contributed by atoms with Crippen LogP contribution in [-0.2, 0) is 22.4 Å². The van der Waals surface area contributed by atoms with E-state index in [1.165, 1.54) is 0 Å². The molecule has 3 atom stereocenters. The minimum absolute atomic E-state index is 0.0553. The van der Waals surface area contributed by atoms with Gasteiger partial charge >= 0.3 is 5.97 Å². The lowest BCUT2D eigenvalue weighted by Gasteiger charge is -2.33. The Kier molecular flexibility index (Phi) is 4.68. The smallest absolute Gasteiger partial charge is 0.312 e. The first kappa shape index (κ1) is 17.7. The molecule has 1 aromatic heterocycles. The number of benzene rings is 1. The van der Waals surface area contributed by atoms with Crippen LogP contribution in [0.25, 0.3) is 0 Å². The molecule has 1 amide bonds. The molecule has 27 heavy (non-hydrogen) atoms. The quantitative estimate of drug-likeness (QED) is 0.855. The Morgan fingerprint density at radius 2 is 1.81 bits per heavy atom. The van der Waals surface area contributed by atoms with Crippen LogP contribution in [0.3, 0.4) is 0 Å². The van der Waals surface area contributed by atoms with Crippen molar-refractivity contribution in [3.05, 3.63) is 66.0 Å². The average molecular weight is 364 g/mol. The van der Waals surface area contributed by atoms with E-state index in [9.17, 15) is 14.7 Å². The van der Waals surface area contributed by atoms with Gasteiger partial charge in [0.2, 0.25) is 5.91 Å². The molecule has 2 fully saturated rings. The van der Waals surface area contributed by atoms with Gasteiger partial charge in [-0.1, -0.05) is 30.3 Å². The molecule has 4 rings (SSSR count). The summed E-state index contributed by atoms with van der Waals surface area (Å²) >= 11 is 0. The van der Waals surface area contributed by atoms with Crippen molar-refractivity contribution in [2.24, 2.45) is 5.41 Å². The SMILES string of the molecule is O=C(CCc1ccncc1)N1[C@H]2CC[C@@H]1[C@](Cc1ccccc1)(C(=O)O)C2. The summed E-state index contributed by atoms with van der Waals surface area (Å²) in [5, 5.41) is 10.1. The summed E-state index contributed by atoms with van der Waals surface area (Å²) in [4.78, 5) is 31.2. The Bertz CT molecular complexity index is 824. The van der Waals surface area contributed by atoms with Gasteiger partial charge < -0.3 is 10.0 Å². The molecule has 5 heteroatoms. The minimum atomic E-state index is -0.864. The van der Waals surface area contributed by atoms with Gasteiger partial charge in [0.15, 0.2) is 0 Å². The zero-order chi connectivity index (χ0) is 18.9. The molecule has 2 aliphatic rings. The molecule has 5 nitrogen and oxygen atoms in total. The molecule has 2 saturated heterocycles. The van der Waals surface area contributed by atoms with Gasteiger partial charge in [-0.05, 0) is 55.4 Å². The zero-order valence-corrected chi connectivity index (χ0v) is 15.3. The number of carboxylic acids is 1. The van der Waals surface area contributed by atoms with Crippen LogP contribution in [0.1, 0.15) is 36.8 Å². The van der Waals surface area contributed by atoms with Crippen LogP contribution in [0.15, 0.2) is 54.9 Å². The predicted octanol–water partition coefficient (Wildman–Crippen LogP) is 3.09. The summed E-state index contributed by atoms with van der Waals surface area (Å²) in [7, 11) is 0. The molecule has 3 heterocycles. The maximum Gasteiger partial charge on any atom is 0.312 e. The van der Waals surface area contributed by atoms with Gasteiger partial charge in [-0.2, -0.15) is 0 Å². The van der Waals surface area contributed by atoms with E-state index >= 15 is 0 Å². The standard InChI is InChI=1S/C22H24N2O3/c25-20(9-6-16-10-12-23-13-11-16)24-18-7-8-19(24)22(15-18,21(26)27)14-17-4-2-1-3-5-17/h1-5,10-13,18-19H,6-9,14-15H2,(H,26,27)/t18-,19+,22+/m0/s1. The summed E-state index contributed by atoms with van der Waals surface area (Å²) in [6.45, 7) is 0. The molecular weight excluding hydrogens is 340 g/mol. The Hall–Kier alpha value is -2.69. The van der Waals surface area contributed by atoms with E-state index < -0.39 is 11.4 Å². The summed E-state index contributed by atoms with van der Waals surface area (Å²) in [6.07, 6.45) is 7.28. The van der Waals surface area contributed by atoms with Crippen LogP contribution >= 0.6 is 0 Å². The number of aromatic nitrogens is 1. The van der Waals surface area contributed by atoms with Crippen LogP contribution in [0.4, 0.5) is 0 Å². The highest BCUT2D eigenvalue weighted by atomic mass is 16.4. The monoisotopic (exact) mass is 364 g/mol. The van der Waals surface area contributed by atoms with Crippen LogP contribution in [0.5, 0.6) is 0 Å². The van der Waals surface area contributed by atoms with E-state index in [2.05, 4.69) is 4.98 Å². The second-order valence-corrected chi connectivity index (χ2v) is 7.73. The summed E-state index contributed by atoms with van der Waals surface area (Å²) in [5.41, 5.74) is 1.24. The first-order valence-corrected chi connectivity index (χ1v) is 9.57. The average Bonchev–Trinajstić information content (AvgIpc) is 3.24. The number of hydrogen-bond donors (Lipinski definition) is 1. The Morgan fingerprint density at radius 3 is 2.52 bits per heavy atom. The molecule has 2 aliphatic heterocycles. The minimum Gasteiger partial charge on any atom is -0.481 e. The molecule has 0 unspecified atom stereocenters. The van der Waals surface area contributed by atoms with Gasteiger partial charge in [-0.15, -0.1) is 0 Å². The first-order valence-electron chi connectivity index (χ1n) is 9.57. The van der Waals surface area contributed by atoms with E-state index in [0.29, 0.717) is 25.7 Å². The molecule has 0 saturated carbocycles. The van der Waals surface area contributed by atoms with Crippen LogP contribution in [0.2, 0.25) is 0 Å². The topological polar surface area (TPSA) is 70.5 Å². The number of carbonyl (C=O) groups is 2. The number of hydrogen-bond acceptors (Lipinski definition) is 3. The highest BCUT2D eigenvalue weighted by molar-refractivity contribution is 5.83. The fourth-order valence-corrected chi connectivity index (χ4v) is 4.95. The number of fused-ring (bicyclic) bond motifs is 2. The molecule has 2 aromatic rings. The van der Waals surface area contributed by atoms with Crippen molar-refractivity contribution in [1.29, 1.82) is 0 Å². The predicted molar refractivity (Wildman–Crippen MR) is 101 cm³/mol. The number of rotatable bonds is 6. The van der Waals surface area contributed by atoms with Crippen molar-refractivity contribution in [1.82, 2.24) is 9.88 Å². The number of nitrogens with zero attached hydrogens (tertiary/aromatic N) is 2. The number of carbonyl (C=O) groups excluding carboxylic acids is 1. The van der Waals surface area contributed by atoms with Crippen molar-refractivity contribution < 1.29 is 14.7 Å². The molecular formula is C22H24N2O3. The van der Waals surface area contributed by atoms with E-state index in [0.717, 1.165) is 24.0 Å². The molecule has 2 bridgehead atoms. The van der Waals surface area contributed by atoms with Crippen molar-refractivity contribution >= 4 is 11.9 Å². The Balaban J connectivity index is 1.52. The van der Waals surface area contributed by atoms with E-state index in [-0.39, 0.29) is 18.0 Å². The molecule has 140 valence electrons. The van der Waals surface area contributed by atoms with Gasteiger partial charge in [-0.25, -0.2) is 0 Å².